The third kappa shape index (κ3) is 4.69. The van der Waals surface area contributed by atoms with Crippen molar-refractivity contribution < 1.29 is 4.42 Å². The van der Waals surface area contributed by atoms with Crippen LogP contribution in [0.5, 0.6) is 0 Å². The summed E-state index contributed by atoms with van der Waals surface area (Å²) in [7, 11) is 0. The normalized spacial score (nSPS) is 13.2. The Labute approximate surface area is 363 Å². The van der Waals surface area contributed by atoms with E-state index in [1.165, 1.54) is 44.5 Å². The Hall–Kier alpha value is -8.34. The number of para-hydroxylation sites is 2. The van der Waals surface area contributed by atoms with Crippen LogP contribution in [0.1, 0.15) is 22.3 Å². The Bertz CT molecular complexity index is 3760. The van der Waals surface area contributed by atoms with E-state index >= 15 is 0 Å². The Morgan fingerprint density at radius 1 is 0.365 bits per heavy atom. The van der Waals surface area contributed by atoms with E-state index in [-0.39, 0.29) is 0 Å². The first-order valence-corrected chi connectivity index (χ1v) is 21.6. The maximum atomic E-state index is 7.10. The zero-order valence-corrected chi connectivity index (χ0v) is 34.0. The summed E-state index contributed by atoms with van der Waals surface area (Å²) >= 11 is 0. The van der Waals surface area contributed by atoms with E-state index in [0.717, 1.165) is 77.5 Å². The average molecular weight is 802 g/mol. The fourth-order valence-corrected chi connectivity index (χ4v) is 11.0. The molecule has 0 bridgehead atoms. The fourth-order valence-electron chi connectivity index (χ4n) is 11.0. The van der Waals surface area contributed by atoms with Crippen molar-refractivity contribution in [3.8, 4) is 61.8 Å². The van der Waals surface area contributed by atoms with Gasteiger partial charge in [0.2, 0.25) is 0 Å². The smallest absolute Gasteiger partial charge is 0.162 e. The van der Waals surface area contributed by atoms with Crippen LogP contribution in [0.15, 0.2) is 217 Å². The highest BCUT2D eigenvalue weighted by atomic mass is 16.3. The van der Waals surface area contributed by atoms with E-state index in [4.69, 9.17) is 14.4 Å². The predicted octanol–water partition coefficient (Wildman–Crippen LogP) is 14.8. The topological polar surface area (TPSA) is 43.9 Å². The SMILES string of the molecule is c1ccc(-c2cc(-n3c4ccccc4c4cc(-c5cccc6c5oc5cc7c(cc56)-c5ccccc5C75c6ccccc6-c6ccccc65)ccc43)nc(-c3ccccc3)n2)cc1. The summed E-state index contributed by atoms with van der Waals surface area (Å²) in [5.41, 5.74) is 19.0. The van der Waals surface area contributed by atoms with Gasteiger partial charge in [0, 0.05) is 44.3 Å². The Morgan fingerprint density at radius 3 is 1.68 bits per heavy atom. The van der Waals surface area contributed by atoms with Crippen LogP contribution in [0, 0.1) is 0 Å². The molecule has 63 heavy (non-hydrogen) atoms. The van der Waals surface area contributed by atoms with Crippen LogP contribution < -0.4 is 0 Å². The highest BCUT2D eigenvalue weighted by Crippen LogP contribution is 2.63. The number of rotatable bonds is 4. The third-order valence-electron chi connectivity index (χ3n) is 13.6. The van der Waals surface area contributed by atoms with Crippen LogP contribution in [0.25, 0.3) is 106 Å². The number of nitrogens with zero attached hydrogens (tertiary/aromatic N) is 3. The van der Waals surface area contributed by atoms with Crippen molar-refractivity contribution in [2.75, 3.05) is 0 Å². The molecular formula is C59H35N3O. The Morgan fingerprint density at radius 2 is 0.952 bits per heavy atom. The zero-order valence-electron chi connectivity index (χ0n) is 34.0. The maximum Gasteiger partial charge on any atom is 0.162 e. The van der Waals surface area contributed by atoms with Crippen LogP contribution in [0.4, 0.5) is 0 Å². The van der Waals surface area contributed by atoms with Crippen molar-refractivity contribution in [1.29, 1.82) is 0 Å². The van der Waals surface area contributed by atoms with Crippen LogP contribution in [-0.4, -0.2) is 14.5 Å². The summed E-state index contributed by atoms with van der Waals surface area (Å²) in [4.78, 5) is 10.3. The molecule has 1 spiro atoms. The molecule has 4 nitrogen and oxygen atoms in total. The summed E-state index contributed by atoms with van der Waals surface area (Å²) < 4.78 is 9.39. The first-order valence-electron chi connectivity index (χ1n) is 21.6. The van der Waals surface area contributed by atoms with Gasteiger partial charge in [-0.2, -0.15) is 0 Å². The van der Waals surface area contributed by atoms with Gasteiger partial charge in [-0.3, -0.25) is 4.57 Å². The molecule has 292 valence electrons. The minimum absolute atomic E-state index is 0.429. The Balaban J connectivity index is 0.967. The van der Waals surface area contributed by atoms with E-state index in [1.54, 1.807) is 0 Å². The number of benzene rings is 9. The predicted molar refractivity (Wildman–Crippen MR) is 256 cm³/mol. The van der Waals surface area contributed by atoms with Crippen molar-refractivity contribution >= 4 is 43.7 Å². The summed E-state index contributed by atoms with van der Waals surface area (Å²) in [6.07, 6.45) is 0. The largest absolute Gasteiger partial charge is 0.455 e. The molecule has 12 aromatic rings. The molecule has 14 rings (SSSR count). The molecule has 0 fully saturated rings. The van der Waals surface area contributed by atoms with Crippen molar-refractivity contribution in [3.63, 3.8) is 0 Å². The van der Waals surface area contributed by atoms with Crippen LogP contribution in [-0.2, 0) is 5.41 Å². The first kappa shape index (κ1) is 34.4. The molecule has 2 aliphatic rings. The molecule has 9 aromatic carbocycles. The van der Waals surface area contributed by atoms with E-state index in [0.29, 0.717) is 5.82 Å². The lowest BCUT2D eigenvalue weighted by atomic mass is 9.70. The molecule has 0 saturated carbocycles. The molecule has 0 aliphatic heterocycles. The minimum atomic E-state index is -0.429. The molecule has 3 aromatic heterocycles. The van der Waals surface area contributed by atoms with Crippen LogP contribution >= 0.6 is 0 Å². The van der Waals surface area contributed by atoms with Gasteiger partial charge in [-0.1, -0.05) is 176 Å². The van der Waals surface area contributed by atoms with Crippen molar-refractivity contribution in [2.24, 2.45) is 0 Å². The minimum Gasteiger partial charge on any atom is -0.455 e. The second-order valence-corrected chi connectivity index (χ2v) is 16.8. The second kappa shape index (κ2) is 12.8. The first-order chi connectivity index (χ1) is 31.2. The van der Waals surface area contributed by atoms with Gasteiger partial charge in [0.1, 0.15) is 17.0 Å². The fraction of sp³-hybridized carbons (Fsp3) is 0.0169. The van der Waals surface area contributed by atoms with Gasteiger partial charge in [0.05, 0.1) is 22.1 Å². The van der Waals surface area contributed by atoms with Gasteiger partial charge < -0.3 is 4.42 Å². The van der Waals surface area contributed by atoms with Crippen molar-refractivity contribution in [3.05, 3.63) is 235 Å². The van der Waals surface area contributed by atoms with Crippen LogP contribution in [0.3, 0.4) is 0 Å². The third-order valence-corrected chi connectivity index (χ3v) is 13.6. The molecule has 3 heterocycles. The lowest BCUT2D eigenvalue weighted by molar-refractivity contribution is 0.667. The van der Waals surface area contributed by atoms with Crippen molar-refractivity contribution in [2.45, 2.75) is 5.41 Å². The number of fused-ring (bicyclic) bond motifs is 16. The van der Waals surface area contributed by atoms with Gasteiger partial charge in [-0.15, -0.1) is 0 Å². The summed E-state index contributed by atoms with van der Waals surface area (Å²) in [5, 5.41) is 4.54. The van der Waals surface area contributed by atoms with E-state index in [9.17, 15) is 0 Å². The van der Waals surface area contributed by atoms with E-state index in [2.05, 4.69) is 193 Å². The quantitative estimate of drug-likeness (QED) is 0.178. The lowest BCUT2D eigenvalue weighted by Gasteiger charge is -2.30. The molecule has 0 N–H and O–H groups in total. The number of hydrogen-bond acceptors (Lipinski definition) is 3. The lowest BCUT2D eigenvalue weighted by Crippen LogP contribution is -2.25. The van der Waals surface area contributed by atoms with E-state index < -0.39 is 5.41 Å². The number of furan rings is 1. The molecule has 0 unspecified atom stereocenters. The highest BCUT2D eigenvalue weighted by molar-refractivity contribution is 6.14. The average Bonchev–Trinajstić information content (AvgIpc) is 4.07. The van der Waals surface area contributed by atoms with Gasteiger partial charge in [-0.05, 0) is 80.4 Å². The number of hydrogen-bond donors (Lipinski definition) is 0. The number of aromatic nitrogens is 3. The Kier molecular flexibility index (Phi) is 7.01. The van der Waals surface area contributed by atoms with Crippen LogP contribution in [0.2, 0.25) is 0 Å². The van der Waals surface area contributed by atoms with Gasteiger partial charge in [0.25, 0.3) is 0 Å². The standard InChI is InChI=1S/C59H35N3O/c1-3-16-36(17-4-1)52-35-56(61-58(60-52)37-18-5-2-6-19-37)62-53-29-14-10-23-43(53)46-32-38(30-31-54(46)62)39-24-15-25-44-47-33-45-42-22-9-13-28-50(42)59(51(45)34-55(47)63-57(39)44)48-26-11-7-20-40(48)41-21-8-12-27-49(41)59/h1-35H. The van der Waals surface area contributed by atoms with Gasteiger partial charge in [0.15, 0.2) is 5.82 Å². The molecule has 2 aliphatic carbocycles. The monoisotopic (exact) mass is 801 g/mol. The summed E-state index contributed by atoms with van der Waals surface area (Å²) in [5.74, 6) is 1.51. The van der Waals surface area contributed by atoms with Gasteiger partial charge in [-0.25, -0.2) is 9.97 Å². The zero-order chi connectivity index (χ0) is 41.2. The summed E-state index contributed by atoms with van der Waals surface area (Å²) in [6, 6.07) is 76.3. The van der Waals surface area contributed by atoms with E-state index in [1.807, 2.05) is 24.3 Å². The summed E-state index contributed by atoms with van der Waals surface area (Å²) in [6.45, 7) is 0. The molecule has 0 amide bonds. The molecule has 0 radical (unpaired) electrons. The van der Waals surface area contributed by atoms with Crippen molar-refractivity contribution in [1.82, 2.24) is 14.5 Å². The second-order valence-electron chi connectivity index (χ2n) is 16.8. The molecule has 0 atom stereocenters. The molecular weight excluding hydrogens is 767 g/mol. The molecule has 4 heteroatoms. The highest BCUT2D eigenvalue weighted by Gasteiger charge is 2.51. The molecule has 0 saturated heterocycles. The van der Waals surface area contributed by atoms with Gasteiger partial charge >= 0.3 is 0 Å². The maximum absolute atomic E-state index is 7.10.